The van der Waals surface area contributed by atoms with Crippen molar-refractivity contribution in [3.05, 3.63) is 181 Å². The molecule has 0 unspecified atom stereocenters. The monoisotopic (exact) mass is 702 g/mol. The Bertz CT molecular complexity index is 3240. The predicted octanol–water partition coefficient (Wildman–Crippen LogP) is 15.1. The summed E-state index contributed by atoms with van der Waals surface area (Å²) in [5, 5.41) is 9.43. The molecule has 11 aromatic rings. The quantitative estimate of drug-likeness (QED) is 0.171. The summed E-state index contributed by atoms with van der Waals surface area (Å²) in [7, 11) is 0. The van der Waals surface area contributed by atoms with Gasteiger partial charge < -0.3 is 8.83 Å². The van der Waals surface area contributed by atoms with Crippen LogP contribution in [0, 0.1) is 0 Å². The Morgan fingerprint density at radius 3 is 1.40 bits per heavy atom. The lowest BCUT2D eigenvalue weighted by Crippen LogP contribution is -2.14. The molecule has 55 heavy (non-hydrogen) atoms. The van der Waals surface area contributed by atoms with Crippen molar-refractivity contribution in [2.24, 2.45) is 0 Å². The molecule has 0 fully saturated rings. The zero-order chi connectivity index (χ0) is 36.4. The van der Waals surface area contributed by atoms with Crippen LogP contribution in [-0.2, 0) is 5.41 Å². The van der Waals surface area contributed by atoms with Gasteiger partial charge in [0.05, 0.1) is 0 Å². The second-order valence-electron chi connectivity index (χ2n) is 15.5. The van der Waals surface area contributed by atoms with Crippen molar-refractivity contribution >= 4 is 65.4 Å². The number of rotatable bonds is 3. The van der Waals surface area contributed by atoms with Crippen LogP contribution in [0.3, 0.4) is 0 Å². The Balaban J connectivity index is 1.22. The fraction of sp³-hybridized carbons (Fsp3) is 0.0566. The normalized spacial score (nSPS) is 13.4. The van der Waals surface area contributed by atoms with E-state index in [1.54, 1.807) is 0 Å². The molecule has 2 aromatic heterocycles. The van der Waals surface area contributed by atoms with Crippen LogP contribution in [0.4, 0.5) is 0 Å². The molecule has 0 amide bonds. The van der Waals surface area contributed by atoms with Crippen molar-refractivity contribution in [1.29, 1.82) is 0 Å². The third-order valence-electron chi connectivity index (χ3n) is 12.3. The lowest BCUT2D eigenvalue weighted by Gasteiger charge is -2.23. The Morgan fingerprint density at radius 1 is 0.327 bits per heavy atom. The Kier molecular flexibility index (Phi) is 6.15. The standard InChI is InChI=1S/C53H34O2/c1-53(2)44-22-6-3-13-34(44)35-28-27-31(29-45(35)53)50-38-18-9-16-32(36-20-11-25-48-51(36)40-14-4-7-23-46(40)54-48)42(38)30-43-33(17-10-19-39(43)50)37-21-12-26-49-52(37)41-15-5-8-24-47(41)55-49/h3-30H,1-2H3. The highest BCUT2D eigenvalue weighted by atomic mass is 16.3. The van der Waals surface area contributed by atoms with Crippen LogP contribution < -0.4 is 0 Å². The second kappa shape index (κ2) is 11.1. The summed E-state index contributed by atoms with van der Waals surface area (Å²) in [5.74, 6) is 0. The smallest absolute Gasteiger partial charge is 0.136 e. The van der Waals surface area contributed by atoms with Crippen LogP contribution in [0.5, 0.6) is 0 Å². The van der Waals surface area contributed by atoms with Gasteiger partial charge >= 0.3 is 0 Å². The minimum atomic E-state index is -0.116. The third kappa shape index (κ3) is 4.20. The highest BCUT2D eigenvalue weighted by molar-refractivity contribution is 6.23. The van der Waals surface area contributed by atoms with Crippen molar-refractivity contribution in [1.82, 2.24) is 0 Å². The molecule has 1 aliphatic rings. The van der Waals surface area contributed by atoms with Gasteiger partial charge in [-0.1, -0.05) is 147 Å². The van der Waals surface area contributed by atoms with E-state index in [2.05, 4.69) is 172 Å². The van der Waals surface area contributed by atoms with Gasteiger partial charge in [0.2, 0.25) is 0 Å². The first-order chi connectivity index (χ1) is 27.0. The van der Waals surface area contributed by atoms with Crippen LogP contribution in [0.1, 0.15) is 25.0 Å². The number of para-hydroxylation sites is 2. The van der Waals surface area contributed by atoms with Crippen LogP contribution in [0.15, 0.2) is 179 Å². The molecule has 0 N–H and O–H groups in total. The minimum Gasteiger partial charge on any atom is -0.456 e. The number of hydrogen-bond acceptors (Lipinski definition) is 2. The van der Waals surface area contributed by atoms with Gasteiger partial charge in [-0.05, 0) is 114 Å². The molecule has 0 saturated carbocycles. The molecule has 0 spiro atoms. The van der Waals surface area contributed by atoms with Crippen LogP contribution in [0.25, 0.3) is 110 Å². The SMILES string of the molecule is CC1(C)c2ccccc2-c2ccc(-c3c4cccc(-c5cccc6oc7ccccc7c56)c4cc4c(-c5cccc6oc7ccccc7c56)cccc34)cc21. The molecule has 12 rings (SSSR count). The van der Waals surface area contributed by atoms with E-state index in [0.717, 1.165) is 43.9 Å². The van der Waals surface area contributed by atoms with E-state index in [4.69, 9.17) is 8.83 Å². The van der Waals surface area contributed by atoms with E-state index < -0.39 is 0 Å². The molecule has 2 heteroatoms. The van der Waals surface area contributed by atoms with Crippen molar-refractivity contribution in [3.8, 4) is 44.5 Å². The summed E-state index contributed by atoms with van der Waals surface area (Å²) in [6, 6.07) is 61.8. The summed E-state index contributed by atoms with van der Waals surface area (Å²) in [6.45, 7) is 4.73. The molecule has 0 aliphatic heterocycles. The number of benzene rings is 9. The Hall–Kier alpha value is -6.90. The highest BCUT2D eigenvalue weighted by Gasteiger charge is 2.35. The Labute approximate surface area is 317 Å². The molecule has 9 aromatic carbocycles. The zero-order valence-corrected chi connectivity index (χ0v) is 30.5. The largest absolute Gasteiger partial charge is 0.456 e. The maximum atomic E-state index is 6.42. The summed E-state index contributed by atoms with van der Waals surface area (Å²) in [4.78, 5) is 0. The third-order valence-corrected chi connectivity index (χ3v) is 12.3. The molecular formula is C53H34O2. The van der Waals surface area contributed by atoms with Gasteiger partial charge in [0.15, 0.2) is 0 Å². The number of furan rings is 2. The number of hydrogen-bond donors (Lipinski definition) is 0. The van der Waals surface area contributed by atoms with Gasteiger partial charge in [-0.25, -0.2) is 0 Å². The number of fused-ring (bicyclic) bond motifs is 11. The lowest BCUT2D eigenvalue weighted by atomic mass is 9.80. The molecule has 0 radical (unpaired) electrons. The highest BCUT2D eigenvalue weighted by Crippen LogP contribution is 2.52. The van der Waals surface area contributed by atoms with E-state index in [1.165, 1.54) is 77.2 Å². The van der Waals surface area contributed by atoms with Crippen molar-refractivity contribution in [3.63, 3.8) is 0 Å². The first kappa shape index (κ1) is 30.6. The van der Waals surface area contributed by atoms with Crippen LogP contribution >= 0.6 is 0 Å². The zero-order valence-electron chi connectivity index (χ0n) is 30.5. The molecule has 0 bridgehead atoms. The van der Waals surface area contributed by atoms with Gasteiger partial charge in [0.25, 0.3) is 0 Å². The van der Waals surface area contributed by atoms with E-state index in [9.17, 15) is 0 Å². The van der Waals surface area contributed by atoms with Crippen molar-refractivity contribution in [2.75, 3.05) is 0 Å². The molecule has 2 nitrogen and oxygen atoms in total. The van der Waals surface area contributed by atoms with Gasteiger partial charge in [0.1, 0.15) is 22.3 Å². The van der Waals surface area contributed by atoms with Gasteiger partial charge in [-0.3, -0.25) is 0 Å². The Morgan fingerprint density at radius 2 is 0.782 bits per heavy atom. The summed E-state index contributed by atoms with van der Waals surface area (Å²) < 4.78 is 12.8. The maximum Gasteiger partial charge on any atom is 0.136 e. The predicted molar refractivity (Wildman–Crippen MR) is 230 cm³/mol. The average molecular weight is 703 g/mol. The fourth-order valence-electron chi connectivity index (χ4n) is 9.81. The minimum absolute atomic E-state index is 0.116. The van der Waals surface area contributed by atoms with Crippen molar-refractivity contribution < 1.29 is 8.83 Å². The van der Waals surface area contributed by atoms with Gasteiger partial charge in [-0.15, -0.1) is 0 Å². The molecule has 0 atom stereocenters. The fourth-order valence-corrected chi connectivity index (χ4v) is 9.81. The maximum absolute atomic E-state index is 6.42. The summed E-state index contributed by atoms with van der Waals surface area (Å²) >= 11 is 0. The topological polar surface area (TPSA) is 26.3 Å². The van der Waals surface area contributed by atoms with Crippen molar-refractivity contribution in [2.45, 2.75) is 19.3 Å². The van der Waals surface area contributed by atoms with Gasteiger partial charge in [0, 0.05) is 27.0 Å². The van der Waals surface area contributed by atoms with E-state index in [-0.39, 0.29) is 5.41 Å². The van der Waals surface area contributed by atoms with E-state index >= 15 is 0 Å². The first-order valence-corrected chi connectivity index (χ1v) is 19.1. The molecule has 2 heterocycles. The van der Waals surface area contributed by atoms with E-state index in [0.29, 0.717) is 0 Å². The molecular weight excluding hydrogens is 669 g/mol. The molecule has 258 valence electrons. The molecule has 1 aliphatic carbocycles. The molecule has 0 saturated heterocycles. The van der Waals surface area contributed by atoms with Gasteiger partial charge in [-0.2, -0.15) is 0 Å². The van der Waals surface area contributed by atoms with E-state index in [1.807, 2.05) is 12.1 Å². The summed E-state index contributed by atoms with van der Waals surface area (Å²) in [5.41, 5.74) is 16.1. The average Bonchev–Trinajstić information content (AvgIpc) is 3.87. The van der Waals surface area contributed by atoms with Crippen LogP contribution in [-0.4, -0.2) is 0 Å². The van der Waals surface area contributed by atoms with Crippen LogP contribution in [0.2, 0.25) is 0 Å². The summed E-state index contributed by atoms with van der Waals surface area (Å²) in [6.07, 6.45) is 0. The first-order valence-electron chi connectivity index (χ1n) is 19.1. The second-order valence-corrected chi connectivity index (χ2v) is 15.5. The lowest BCUT2D eigenvalue weighted by molar-refractivity contribution is 0.660.